The molecular formula is C13H15ClF3N. The normalized spacial score (nSPS) is 21.8. The lowest BCUT2D eigenvalue weighted by Crippen LogP contribution is -2.31. The largest absolute Gasteiger partial charge is 0.324 e. The van der Waals surface area contributed by atoms with E-state index in [1.165, 1.54) is 12.1 Å². The van der Waals surface area contributed by atoms with Gasteiger partial charge in [-0.2, -0.15) is 0 Å². The predicted octanol–water partition coefficient (Wildman–Crippen LogP) is 4.30. The molecule has 2 N–H and O–H groups in total. The molecule has 1 nitrogen and oxygen atoms in total. The van der Waals surface area contributed by atoms with E-state index in [1.54, 1.807) is 6.07 Å². The highest BCUT2D eigenvalue weighted by atomic mass is 35.5. The summed E-state index contributed by atoms with van der Waals surface area (Å²) < 4.78 is 39.8. The number of nitrogens with two attached hydrogens (primary N) is 1. The van der Waals surface area contributed by atoms with Crippen molar-refractivity contribution < 1.29 is 13.2 Å². The number of rotatable bonds is 2. The molecule has 0 heterocycles. The molecule has 1 aromatic carbocycles. The first kappa shape index (κ1) is 13.7. The Balaban J connectivity index is 2.10. The van der Waals surface area contributed by atoms with Crippen LogP contribution in [0.5, 0.6) is 0 Å². The molecule has 0 amide bonds. The Morgan fingerprint density at radius 2 is 1.89 bits per heavy atom. The zero-order valence-electron chi connectivity index (χ0n) is 9.80. The minimum absolute atomic E-state index is 0.0969. The van der Waals surface area contributed by atoms with Gasteiger partial charge in [0.1, 0.15) is 5.82 Å². The summed E-state index contributed by atoms with van der Waals surface area (Å²) in [5, 5.41) is 0.304. The first-order valence-electron chi connectivity index (χ1n) is 5.97. The Bertz CT molecular complexity index is 426. The maximum atomic E-state index is 13.7. The summed E-state index contributed by atoms with van der Waals surface area (Å²) in [6.07, 6.45) is 0.327. The molecule has 1 atom stereocenters. The lowest BCUT2D eigenvalue weighted by atomic mass is 9.80. The molecule has 1 aliphatic carbocycles. The standard InChI is InChI=1S/C13H15ClF3N/c14-9-1-2-10(11(15)7-9)12(18)8-3-5-13(16,17)6-4-8/h1-2,7-8,12H,3-6,18H2. The third-order valence-electron chi connectivity index (χ3n) is 3.59. The van der Waals surface area contributed by atoms with Crippen LogP contribution in [0.15, 0.2) is 18.2 Å². The van der Waals surface area contributed by atoms with E-state index in [1.807, 2.05) is 0 Å². The molecule has 0 bridgehead atoms. The van der Waals surface area contributed by atoms with Gasteiger partial charge >= 0.3 is 0 Å². The molecule has 18 heavy (non-hydrogen) atoms. The average molecular weight is 278 g/mol. The fourth-order valence-corrected chi connectivity index (χ4v) is 2.61. The van der Waals surface area contributed by atoms with Crippen molar-refractivity contribution in [3.05, 3.63) is 34.6 Å². The van der Waals surface area contributed by atoms with Gasteiger partial charge in [-0.25, -0.2) is 13.2 Å². The molecule has 1 aliphatic rings. The summed E-state index contributed by atoms with van der Waals surface area (Å²) in [5.74, 6) is -3.15. The van der Waals surface area contributed by atoms with Crippen LogP contribution in [0.25, 0.3) is 0 Å². The molecule has 1 unspecified atom stereocenters. The second-order valence-electron chi connectivity index (χ2n) is 4.88. The average Bonchev–Trinajstić information content (AvgIpc) is 2.28. The third kappa shape index (κ3) is 2.98. The maximum absolute atomic E-state index is 13.7. The molecule has 0 spiro atoms. The summed E-state index contributed by atoms with van der Waals surface area (Å²) in [6.45, 7) is 0. The second kappa shape index (κ2) is 5.10. The fraction of sp³-hybridized carbons (Fsp3) is 0.538. The Hall–Kier alpha value is -0.740. The van der Waals surface area contributed by atoms with E-state index >= 15 is 0 Å². The van der Waals surface area contributed by atoms with E-state index in [0.717, 1.165) is 0 Å². The smallest absolute Gasteiger partial charge is 0.248 e. The van der Waals surface area contributed by atoms with Crippen LogP contribution in [-0.2, 0) is 0 Å². The molecule has 1 aromatic rings. The van der Waals surface area contributed by atoms with Crippen LogP contribution in [0.3, 0.4) is 0 Å². The first-order chi connectivity index (χ1) is 8.39. The Morgan fingerprint density at radius 1 is 1.28 bits per heavy atom. The van der Waals surface area contributed by atoms with E-state index in [0.29, 0.717) is 23.4 Å². The van der Waals surface area contributed by atoms with Crippen molar-refractivity contribution in [1.82, 2.24) is 0 Å². The van der Waals surface area contributed by atoms with Crippen LogP contribution < -0.4 is 5.73 Å². The third-order valence-corrected chi connectivity index (χ3v) is 3.83. The Morgan fingerprint density at radius 3 is 2.44 bits per heavy atom. The fourth-order valence-electron chi connectivity index (χ4n) is 2.45. The van der Waals surface area contributed by atoms with Crippen molar-refractivity contribution in [3.8, 4) is 0 Å². The summed E-state index contributed by atoms with van der Waals surface area (Å²) in [6, 6.07) is 3.76. The predicted molar refractivity (Wildman–Crippen MR) is 65.2 cm³/mol. The molecule has 1 fully saturated rings. The summed E-state index contributed by atoms with van der Waals surface area (Å²) in [4.78, 5) is 0. The summed E-state index contributed by atoms with van der Waals surface area (Å²) >= 11 is 5.66. The SMILES string of the molecule is NC(c1ccc(Cl)cc1F)C1CCC(F)(F)CC1. The van der Waals surface area contributed by atoms with Gasteiger partial charge in [0.05, 0.1) is 0 Å². The van der Waals surface area contributed by atoms with Crippen LogP contribution in [0.4, 0.5) is 13.2 Å². The number of benzene rings is 1. The minimum atomic E-state index is -2.59. The quantitative estimate of drug-likeness (QED) is 0.857. The second-order valence-corrected chi connectivity index (χ2v) is 5.32. The van der Waals surface area contributed by atoms with E-state index in [-0.39, 0.29) is 18.8 Å². The van der Waals surface area contributed by atoms with Gasteiger partial charge in [0.25, 0.3) is 0 Å². The van der Waals surface area contributed by atoms with Crippen LogP contribution in [0.2, 0.25) is 5.02 Å². The Kier molecular flexibility index (Phi) is 3.87. The van der Waals surface area contributed by atoms with E-state index < -0.39 is 17.8 Å². The number of hydrogen-bond acceptors (Lipinski definition) is 1. The number of hydrogen-bond donors (Lipinski definition) is 1. The molecular weight excluding hydrogens is 263 g/mol. The zero-order chi connectivity index (χ0) is 13.3. The summed E-state index contributed by atoms with van der Waals surface area (Å²) in [5.41, 5.74) is 6.34. The Labute approximate surface area is 109 Å². The molecule has 0 saturated heterocycles. The molecule has 0 aliphatic heterocycles. The van der Waals surface area contributed by atoms with E-state index in [2.05, 4.69) is 0 Å². The molecule has 5 heteroatoms. The van der Waals surface area contributed by atoms with Gasteiger partial charge in [-0.15, -0.1) is 0 Å². The molecule has 1 saturated carbocycles. The highest BCUT2D eigenvalue weighted by molar-refractivity contribution is 6.30. The highest BCUT2D eigenvalue weighted by Crippen LogP contribution is 2.41. The molecule has 0 radical (unpaired) electrons. The molecule has 100 valence electrons. The van der Waals surface area contributed by atoms with Crippen molar-refractivity contribution in [2.75, 3.05) is 0 Å². The van der Waals surface area contributed by atoms with Crippen molar-refractivity contribution in [2.45, 2.75) is 37.6 Å². The van der Waals surface area contributed by atoms with E-state index in [9.17, 15) is 13.2 Å². The zero-order valence-corrected chi connectivity index (χ0v) is 10.6. The van der Waals surface area contributed by atoms with Crippen LogP contribution >= 0.6 is 11.6 Å². The monoisotopic (exact) mass is 277 g/mol. The van der Waals surface area contributed by atoms with Gasteiger partial charge in [-0.3, -0.25) is 0 Å². The van der Waals surface area contributed by atoms with E-state index in [4.69, 9.17) is 17.3 Å². The lowest BCUT2D eigenvalue weighted by Gasteiger charge is -2.32. The van der Waals surface area contributed by atoms with Gasteiger partial charge in [-0.1, -0.05) is 17.7 Å². The summed E-state index contributed by atoms with van der Waals surface area (Å²) in [7, 11) is 0. The molecule has 0 aromatic heterocycles. The topological polar surface area (TPSA) is 26.0 Å². The van der Waals surface area contributed by atoms with Crippen molar-refractivity contribution in [2.24, 2.45) is 11.7 Å². The maximum Gasteiger partial charge on any atom is 0.248 e. The van der Waals surface area contributed by atoms with Crippen molar-refractivity contribution in [1.29, 1.82) is 0 Å². The van der Waals surface area contributed by atoms with Crippen molar-refractivity contribution >= 4 is 11.6 Å². The highest BCUT2D eigenvalue weighted by Gasteiger charge is 2.37. The van der Waals surface area contributed by atoms with Gasteiger partial charge in [0.15, 0.2) is 0 Å². The minimum Gasteiger partial charge on any atom is -0.324 e. The van der Waals surface area contributed by atoms with Crippen molar-refractivity contribution in [3.63, 3.8) is 0 Å². The van der Waals surface area contributed by atoms with Crippen LogP contribution in [-0.4, -0.2) is 5.92 Å². The first-order valence-corrected chi connectivity index (χ1v) is 6.35. The molecule has 2 rings (SSSR count). The number of alkyl halides is 2. The van der Waals surface area contributed by atoms with Gasteiger partial charge in [0, 0.05) is 29.5 Å². The van der Waals surface area contributed by atoms with Gasteiger partial charge in [-0.05, 0) is 30.9 Å². The van der Waals surface area contributed by atoms with Crippen LogP contribution in [0, 0.1) is 11.7 Å². The van der Waals surface area contributed by atoms with Gasteiger partial charge in [0.2, 0.25) is 5.92 Å². The van der Waals surface area contributed by atoms with Crippen LogP contribution in [0.1, 0.15) is 37.3 Å². The lowest BCUT2D eigenvalue weighted by molar-refractivity contribution is -0.0484. The van der Waals surface area contributed by atoms with Gasteiger partial charge < -0.3 is 5.73 Å². The number of halogens is 4.